The van der Waals surface area contributed by atoms with Crippen LogP contribution in [0, 0.1) is 0 Å². The summed E-state index contributed by atoms with van der Waals surface area (Å²) in [5, 5.41) is 0. The lowest BCUT2D eigenvalue weighted by Crippen LogP contribution is -2.28. The molecule has 3 aromatic rings. The quantitative estimate of drug-likeness (QED) is 0.371. The Balaban J connectivity index is 1.79. The van der Waals surface area contributed by atoms with Crippen molar-refractivity contribution in [1.82, 2.24) is 0 Å². The second kappa shape index (κ2) is 9.55. The smallest absolute Gasteiger partial charge is 0.00438 e. The summed E-state index contributed by atoms with van der Waals surface area (Å²) in [7, 11) is 0. The second-order valence-electron chi connectivity index (χ2n) is 7.85. The molecule has 0 saturated heterocycles. The third-order valence-corrected chi connectivity index (χ3v) is 6.09. The van der Waals surface area contributed by atoms with Gasteiger partial charge in [-0.25, -0.2) is 0 Å². The molecule has 3 rings (SSSR count). The van der Waals surface area contributed by atoms with E-state index in [1.54, 1.807) is 0 Å². The molecule has 0 nitrogen and oxygen atoms in total. The van der Waals surface area contributed by atoms with E-state index in [2.05, 4.69) is 105 Å². The first-order valence-electron chi connectivity index (χ1n) is 10.4. The maximum Gasteiger partial charge on any atom is -0.00438 e. The fraction of sp³-hybridized carbons (Fsp3) is 0.333. The highest BCUT2D eigenvalue weighted by molar-refractivity contribution is 5.28. The molecular weight excluding hydrogens is 324 g/mol. The van der Waals surface area contributed by atoms with Gasteiger partial charge in [-0.2, -0.15) is 0 Å². The van der Waals surface area contributed by atoms with Crippen LogP contribution in [0.4, 0.5) is 0 Å². The Morgan fingerprint density at radius 2 is 1.30 bits per heavy atom. The van der Waals surface area contributed by atoms with Gasteiger partial charge in [0.2, 0.25) is 0 Å². The molecule has 0 radical (unpaired) electrons. The monoisotopic (exact) mass is 356 g/mol. The van der Waals surface area contributed by atoms with Gasteiger partial charge < -0.3 is 0 Å². The zero-order valence-corrected chi connectivity index (χ0v) is 16.8. The third-order valence-electron chi connectivity index (χ3n) is 6.09. The molecule has 2 unspecified atom stereocenters. The zero-order valence-electron chi connectivity index (χ0n) is 16.8. The van der Waals surface area contributed by atoms with Crippen molar-refractivity contribution in [3.05, 3.63) is 108 Å². The SMILES string of the molecule is CCC(CCCc1ccccc1)(CC(C)c1ccccc1)c1ccccc1. The number of hydrogen-bond acceptors (Lipinski definition) is 0. The largest absolute Gasteiger partial charge is 0.0645 e. The van der Waals surface area contributed by atoms with Gasteiger partial charge in [0, 0.05) is 0 Å². The minimum atomic E-state index is 0.241. The maximum atomic E-state index is 2.39. The summed E-state index contributed by atoms with van der Waals surface area (Å²) in [6, 6.07) is 33.1. The topological polar surface area (TPSA) is 0 Å². The molecule has 3 aromatic carbocycles. The summed E-state index contributed by atoms with van der Waals surface area (Å²) in [5.74, 6) is 0.558. The number of benzene rings is 3. The zero-order chi connectivity index (χ0) is 19.0. The molecular formula is C27H32. The van der Waals surface area contributed by atoms with Crippen LogP contribution in [-0.4, -0.2) is 0 Å². The van der Waals surface area contributed by atoms with E-state index >= 15 is 0 Å². The number of rotatable bonds is 9. The van der Waals surface area contributed by atoms with Crippen LogP contribution in [0.25, 0.3) is 0 Å². The van der Waals surface area contributed by atoms with E-state index < -0.39 is 0 Å². The van der Waals surface area contributed by atoms with Crippen molar-refractivity contribution in [1.29, 1.82) is 0 Å². The summed E-state index contributed by atoms with van der Waals surface area (Å²) < 4.78 is 0. The fourth-order valence-corrected chi connectivity index (χ4v) is 4.44. The average Bonchev–Trinajstić information content (AvgIpc) is 2.75. The lowest BCUT2D eigenvalue weighted by Gasteiger charge is -2.36. The first-order chi connectivity index (χ1) is 13.2. The van der Waals surface area contributed by atoms with Crippen LogP contribution >= 0.6 is 0 Å². The van der Waals surface area contributed by atoms with Crippen LogP contribution in [0.1, 0.15) is 62.1 Å². The highest BCUT2D eigenvalue weighted by atomic mass is 14.4. The van der Waals surface area contributed by atoms with E-state index in [4.69, 9.17) is 0 Å². The Bertz CT molecular complexity index is 776. The summed E-state index contributed by atoms with van der Waals surface area (Å²) in [5.41, 5.74) is 4.65. The predicted molar refractivity (Wildman–Crippen MR) is 117 cm³/mol. The first-order valence-corrected chi connectivity index (χ1v) is 10.4. The molecule has 0 aliphatic rings. The minimum absolute atomic E-state index is 0.241. The van der Waals surface area contributed by atoms with Crippen LogP contribution < -0.4 is 0 Å². The molecule has 27 heavy (non-hydrogen) atoms. The molecule has 0 saturated carbocycles. The Morgan fingerprint density at radius 1 is 0.741 bits per heavy atom. The Morgan fingerprint density at radius 3 is 1.89 bits per heavy atom. The molecule has 0 fully saturated rings. The van der Waals surface area contributed by atoms with Crippen molar-refractivity contribution in [3.63, 3.8) is 0 Å². The standard InChI is InChI=1S/C27H32/c1-3-27(26-19-11-6-12-20-26,21-13-16-24-14-7-4-8-15-24)22-23(2)25-17-9-5-10-18-25/h4-12,14-15,17-20,23H,3,13,16,21-22H2,1-2H3. The molecule has 2 atom stereocenters. The highest BCUT2D eigenvalue weighted by Crippen LogP contribution is 2.41. The average molecular weight is 357 g/mol. The van der Waals surface area contributed by atoms with Gasteiger partial charge in [0.1, 0.15) is 0 Å². The van der Waals surface area contributed by atoms with Gasteiger partial charge in [-0.1, -0.05) is 105 Å². The molecule has 0 spiro atoms. The molecule has 0 N–H and O–H groups in total. The molecule has 0 amide bonds. The molecule has 0 aromatic heterocycles. The minimum Gasteiger partial charge on any atom is -0.0645 e. The summed E-state index contributed by atoms with van der Waals surface area (Å²) in [6.07, 6.45) is 6.01. The predicted octanol–water partition coefficient (Wildman–Crippen LogP) is 7.55. The summed E-state index contributed by atoms with van der Waals surface area (Å²) >= 11 is 0. The molecule has 0 aliphatic carbocycles. The van der Waals surface area contributed by atoms with E-state index in [9.17, 15) is 0 Å². The van der Waals surface area contributed by atoms with Crippen LogP contribution in [0.15, 0.2) is 91.0 Å². The summed E-state index contributed by atoms with van der Waals surface area (Å²) in [6.45, 7) is 4.76. The van der Waals surface area contributed by atoms with E-state index in [0.29, 0.717) is 5.92 Å². The Kier molecular flexibility index (Phi) is 6.87. The number of hydrogen-bond donors (Lipinski definition) is 0. The van der Waals surface area contributed by atoms with Gasteiger partial charge in [0.15, 0.2) is 0 Å². The van der Waals surface area contributed by atoms with E-state index in [0.717, 1.165) is 6.42 Å². The van der Waals surface area contributed by atoms with E-state index in [1.165, 1.54) is 42.4 Å². The van der Waals surface area contributed by atoms with Crippen LogP contribution in [0.3, 0.4) is 0 Å². The van der Waals surface area contributed by atoms with E-state index in [-0.39, 0.29) is 5.41 Å². The normalized spacial score (nSPS) is 14.4. The molecule has 0 aliphatic heterocycles. The van der Waals surface area contributed by atoms with Gasteiger partial charge in [-0.15, -0.1) is 0 Å². The third kappa shape index (κ3) is 5.10. The van der Waals surface area contributed by atoms with Crippen molar-refractivity contribution in [3.8, 4) is 0 Å². The molecule has 0 heterocycles. The lowest BCUT2D eigenvalue weighted by molar-refractivity contribution is 0.320. The highest BCUT2D eigenvalue weighted by Gasteiger charge is 2.32. The Labute approximate surface area is 165 Å². The van der Waals surface area contributed by atoms with Crippen molar-refractivity contribution < 1.29 is 0 Å². The second-order valence-corrected chi connectivity index (χ2v) is 7.85. The summed E-state index contributed by atoms with van der Waals surface area (Å²) in [4.78, 5) is 0. The Hall–Kier alpha value is -2.34. The van der Waals surface area contributed by atoms with Gasteiger partial charge in [-0.05, 0) is 60.1 Å². The lowest BCUT2D eigenvalue weighted by atomic mass is 9.68. The molecule has 140 valence electrons. The number of aryl methyl sites for hydroxylation is 1. The van der Waals surface area contributed by atoms with Crippen molar-refractivity contribution in [2.75, 3.05) is 0 Å². The van der Waals surface area contributed by atoms with Crippen LogP contribution in [-0.2, 0) is 11.8 Å². The van der Waals surface area contributed by atoms with Gasteiger partial charge in [-0.3, -0.25) is 0 Å². The molecule has 0 bridgehead atoms. The van der Waals surface area contributed by atoms with E-state index in [1.807, 2.05) is 0 Å². The fourth-order valence-electron chi connectivity index (χ4n) is 4.44. The van der Waals surface area contributed by atoms with Gasteiger partial charge >= 0.3 is 0 Å². The van der Waals surface area contributed by atoms with Crippen molar-refractivity contribution in [2.45, 2.75) is 57.3 Å². The van der Waals surface area contributed by atoms with Crippen molar-refractivity contribution in [2.24, 2.45) is 0 Å². The van der Waals surface area contributed by atoms with Crippen LogP contribution in [0.5, 0.6) is 0 Å². The first kappa shape index (κ1) is 19.4. The van der Waals surface area contributed by atoms with Gasteiger partial charge in [0.05, 0.1) is 0 Å². The van der Waals surface area contributed by atoms with Crippen molar-refractivity contribution >= 4 is 0 Å². The van der Waals surface area contributed by atoms with Crippen LogP contribution in [0.2, 0.25) is 0 Å². The molecule has 0 heteroatoms. The van der Waals surface area contributed by atoms with Gasteiger partial charge in [0.25, 0.3) is 0 Å². The maximum absolute atomic E-state index is 2.39.